The van der Waals surface area contributed by atoms with Crippen molar-refractivity contribution in [1.82, 2.24) is 24.3 Å². The zero-order chi connectivity index (χ0) is 19.1. The van der Waals surface area contributed by atoms with Gasteiger partial charge in [0, 0.05) is 44.8 Å². The van der Waals surface area contributed by atoms with Crippen LogP contribution in [-0.2, 0) is 6.54 Å². The highest BCUT2D eigenvalue weighted by molar-refractivity contribution is 6.29. The fourth-order valence-electron chi connectivity index (χ4n) is 3.75. The minimum atomic E-state index is 0.430. The van der Waals surface area contributed by atoms with Gasteiger partial charge in [-0.1, -0.05) is 11.6 Å². The zero-order valence-corrected chi connectivity index (χ0v) is 16.7. The number of aromatic nitrogens is 4. The number of piperazine rings is 1. The summed E-state index contributed by atoms with van der Waals surface area (Å²) in [6.07, 6.45) is 8.60. The molecule has 5 rings (SSSR count). The number of imidazole rings is 1. The summed E-state index contributed by atoms with van der Waals surface area (Å²) >= 11 is 5.94. The number of fused-ring (bicyclic) bond motifs is 1. The molecule has 1 aliphatic carbocycles. The van der Waals surface area contributed by atoms with Crippen molar-refractivity contribution in [2.24, 2.45) is 0 Å². The summed E-state index contributed by atoms with van der Waals surface area (Å²) < 4.78 is 2.19. The molecule has 1 saturated carbocycles. The smallest absolute Gasteiger partial charge is 0.224 e. The molecular formula is C20H24ClN7. The van der Waals surface area contributed by atoms with Crippen molar-refractivity contribution in [3.63, 3.8) is 0 Å². The second kappa shape index (κ2) is 7.22. The van der Waals surface area contributed by atoms with Crippen LogP contribution in [0.5, 0.6) is 0 Å². The zero-order valence-electron chi connectivity index (χ0n) is 16.0. The number of anilines is 2. The van der Waals surface area contributed by atoms with Crippen LogP contribution in [-0.4, -0.2) is 57.5 Å². The highest BCUT2D eigenvalue weighted by atomic mass is 35.5. The first-order valence-corrected chi connectivity index (χ1v) is 10.2. The molecule has 146 valence electrons. The van der Waals surface area contributed by atoms with E-state index in [0.717, 1.165) is 37.5 Å². The number of pyridine rings is 1. The Bertz CT molecular complexity index is 989. The van der Waals surface area contributed by atoms with E-state index in [1.165, 1.54) is 24.1 Å². The molecular weight excluding hydrogens is 374 g/mol. The van der Waals surface area contributed by atoms with Gasteiger partial charge in [-0.15, -0.1) is 0 Å². The topological polar surface area (TPSA) is 61.6 Å². The number of likely N-dealkylation sites (N-methyl/N-ethyl adjacent to an activating group) is 1. The molecule has 7 nitrogen and oxygen atoms in total. The van der Waals surface area contributed by atoms with Gasteiger partial charge in [0.2, 0.25) is 5.95 Å². The number of hydrogen-bond donors (Lipinski definition) is 1. The third-order valence-electron chi connectivity index (χ3n) is 5.54. The normalized spacial score (nSPS) is 18.0. The predicted molar refractivity (Wildman–Crippen MR) is 111 cm³/mol. The molecule has 2 fully saturated rings. The van der Waals surface area contributed by atoms with Gasteiger partial charge in [0.15, 0.2) is 5.65 Å². The Morgan fingerprint density at radius 1 is 1.14 bits per heavy atom. The molecule has 1 aliphatic heterocycles. The molecule has 0 atom stereocenters. The standard InChI is InChI=1S/C20H24ClN7/c1-26-6-8-27(9-7-26)17-10-15(14-2-3-14)12-28-13-16(24-19(17)28)11-23-20-22-5-4-18(21)25-20/h4-5,10,12-14H,2-3,6-9,11H2,1H3,(H,22,23,25). The lowest BCUT2D eigenvalue weighted by molar-refractivity contribution is 0.313. The lowest BCUT2D eigenvalue weighted by Crippen LogP contribution is -2.44. The van der Waals surface area contributed by atoms with E-state index in [-0.39, 0.29) is 0 Å². The monoisotopic (exact) mass is 397 g/mol. The maximum absolute atomic E-state index is 5.94. The van der Waals surface area contributed by atoms with Crippen LogP contribution in [0, 0.1) is 0 Å². The quantitative estimate of drug-likeness (QED) is 0.668. The Kier molecular flexibility index (Phi) is 4.56. The van der Waals surface area contributed by atoms with Crippen molar-refractivity contribution in [2.75, 3.05) is 43.4 Å². The molecule has 0 aromatic carbocycles. The van der Waals surface area contributed by atoms with E-state index in [1.807, 2.05) is 0 Å². The fraction of sp³-hybridized carbons (Fsp3) is 0.450. The van der Waals surface area contributed by atoms with Crippen molar-refractivity contribution in [3.8, 4) is 0 Å². The summed E-state index contributed by atoms with van der Waals surface area (Å²) in [5, 5.41) is 3.64. The van der Waals surface area contributed by atoms with Gasteiger partial charge < -0.3 is 19.5 Å². The molecule has 1 N–H and O–H groups in total. The van der Waals surface area contributed by atoms with Crippen LogP contribution < -0.4 is 10.2 Å². The maximum atomic E-state index is 5.94. The first kappa shape index (κ1) is 17.7. The molecule has 8 heteroatoms. The maximum Gasteiger partial charge on any atom is 0.224 e. The molecule has 3 aromatic heterocycles. The summed E-state index contributed by atoms with van der Waals surface area (Å²) in [6, 6.07) is 4.03. The SMILES string of the molecule is CN1CCN(c2cc(C3CC3)cn3cc(CNc4nccc(Cl)n4)nc23)CC1. The minimum absolute atomic E-state index is 0.430. The highest BCUT2D eigenvalue weighted by Crippen LogP contribution is 2.41. The first-order chi connectivity index (χ1) is 13.7. The van der Waals surface area contributed by atoms with Gasteiger partial charge in [-0.05, 0) is 43.5 Å². The van der Waals surface area contributed by atoms with Gasteiger partial charge in [-0.2, -0.15) is 0 Å². The van der Waals surface area contributed by atoms with Gasteiger partial charge in [0.25, 0.3) is 0 Å². The molecule has 2 aliphatic rings. The van der Waals surface area contributed by atoms with E-state index in [4.69, 9.17) is 16.6 Å². The summed E-state index contributed by atoms with van der Waals surface area (Å²) in [5.41, 5.74) is 4.67. The van der Waals surface area contributed by atoms with Gasteiger partial charge >= 0.3 is 0 Å². The summed E-state index contributed by atoms with van der Waals surface area (Å²) in [6.45, 7) is 4.80. The van der Waals surface area contributed by atoms with Crippen molar-refractivity contribution in [2.45, 2.75) is 25.3 Å². The van der Waals surface area contributed by atoms with Crippen molar-refractivity contribution >= 4 is 28.9 Å². The van der Waals surface area contributed by atoms with Crippen LogP contribution >= 0.6 is 11.6 Å². The number of hydrogen-bond acceptors (Lipinski definition) is 6. The van der Waals surface area contributed by atoms with Crippen LogP contribution in [0.1, 0.15) is 30.0 Å². The molecule has 1 saturated heterocycles. The third-order valence-corrected chi connectivity index (χ3v) is 5.76. The number of nitrogens with zero attached hydrogens (tertiary/aromatic N) is 6. The van der Waals surface area contributed by atoms with Gasteiger partial charge in [-0.3, -0.25) is 0 Å². The van der Waals surface area contributed by atoms with E-state index < -0.39 is 0 Å². The fourth-order valence-corrected chi connectivity index (χ4v) is 3.89. The second-order valence-electron chi connectivity index (χ2n) is 7.74. The van der Waals surface area contributed by atoms with Crippen molar-refractivity contribution in [1.29, 1.82) is 0 Å². The Morgan fingerprint density at radius 2 is 1.96 bits per heavy atom. The average Bonchev–Trinajstić information content (AvgIpc) is 3.46. The Balaban J connectivity index is 1.44. The largest absolute Gasteiger partial charge is 0.366 e. The van der Waals surface area contributed by atoms with Gasteiger partial charge in [0.1, 0.15) is 5.15 Å². The van der Waals surface area contributed by atoms with E-state index >= 15 is 0 Å². The third kappa shape index (κ3) is 3.64. The van der Waals surface area contributed by atoms with E-state index in [1.54, 1.807) is 12.3 Å². The molecule has 0 amide bonds. The van der Waals surface area contributed by atoms with Crippen LogP contribution in [0.4, 0.5) is 11.6 Å². The second-order valence-corrected chi connectivity index (χ2v) is 8.13. The molecule has 28 heavy (non-hydrogen) atoms. The lowest BCUT2D eigenvalue weighted by Gasteiger charge is -2.34. The van der Waals surface area contributed by atoms with Gasteiger partial charge in [0.05, 0.1) is 17.9 Å². The van der Waals surface area contributed by atoms with Crippen LogP contribution in [0.3, 0.4) is 0 Å². The van der Waals surface area contributed by atoms with Crippen molar-refractivity contribution in [3.05, 3.63) is 47.1 Å². The Hall–Kier alpha value is -2.38. The number of rotatable bonds is 5. The van der Waals surface area contributed by atoms with Gasteiger partial charge in [-0.25, -0.2) is 15.0 Å². The van der Waals surface area contributed by atoms with E-state index in [0.29, 0.717) is 23.6 Å². The van der Waals surface area contributed by atoms with Crippen LogP contribution in [0.25, 0.3) is 5.65 Å². The van der Waals surface area contributed by atoms with E-state index in [9.17, 15) is 0 Å². The van der Waals surface area contributed by atoms with Crippen LogP contribution in [0.2, 0.25) is 5.15 Å². The molecule has 3 aromatic rings. The van der Waals surface area contributed by atoms with Crippen LogP contribution in [0.15, 0.2) is 30.7 Å². The molecule has 0 spiro atoms. The first-order valence-electron chi connectivity index (χ1n) is 9.83. The minimum Gasteiger partial charge on any atom is -0.366 e. The van der Waals surface area contributed by atoms with Crippen molar-refractivity contribution < 1.29 is 0 Å². The Morgan fingerprint density at radius 3 is 2.71 bits per heavy atom. The number of nitrogens with one attached hydrogen (secondary N) is 1. The highest BCUT2D eigenvalue weighted by Gasteiger charge is 2.27. The summed E-state index contributed by atoms with van der Waals surface area (Å²) in [4.78, 5) is 18.2. The predicted octanol–water partition coefficient (Wildman–Crippen LogP) is 3.02. The Labute approximate surface area is 169 Å². The lowest BCUT2D eigenvalue weighted by atomic mass is 10.1. The molecule has 4 heterocycles. The molecule has 0 bridgehead atoms. The van der Waals surface area contributed by atoms with E-state index in [2.05, 4.69) is 55.0 Å². The summed E-state index contributed by atoms with van der Waals surface area (Å²) in [7, 11) is 2.19. The molecule has 0 unspecified atom stereocenters. The summed E-state index contributed by atoms with van der Waals surface area (Å²) in [5.74, 6) is 1.22. The average molecular weight is 398 g/mol. The number of halogens is 1. The molecule has 0 radical (unpaired) electrons.